The highest BCUT2D eigenvalue weighted by molar-refractivity contribution is 5.96. The van der Waals surface area contributed by atoms with Crippen molar-refractivity contribution in [3.05, 3.63) is 0 Å². The first-order valence-electron chi connectivity index (χ1n) is 2.85. The van der Waals surface area contributed by atoms with E-state index in [1.165, 1.54) is 0 Å². The SMILES string of the molecule is CN[C@@H](C)C(=O)NC(N)=O. The molecular weight excluding hydrogens is 134 g/mol. The number of urea groups is 1. The number of carbonyl (C=O) groups is 2. The largest absolute Gasteiger partial charge is 0.351 e. The van der Waals surface area contributed by atoms with Crippen LogP contribution < -0.4 is 16.4 Å². The fraction of sp³-hybridized carbons (Fsp3) is 0.600. The Bertz CT molecular complexity index is 146. The fourth-order valence-electron chi connectivity index (χ4n) is 0.361. The number of hydrogen-bond acceptors (Lipinski definition) is 3. The number of amides is 3. The zero-order valence-corrected chi connectivity index (χ0v) is 5.97. The second-order valence-corrected chi connectivity index (χ2v) is 1.86. The molecule has 4 N–H and O–H groups in total. The molecule has 0 saturated carbocycles. The van der Waals surface area contributed by atoms with Gasteiger partial charge in [0.15, 0.2) is 0 Å². The van der Waals surface area contributed by atoms with Gasteiger partial charge in [0.1, 0.15) is 0 Å². The van der Waals surface area contributed by atoms with Gasteiger partial charge in [-0.25, -0.2) is 4.79 Å². The normalized spacial score (nSPS) is 12.2. The Kier molecular flexibility index (Phi) is 3.42. The Morgan fingerprint density at radius 1 is 1.50 bits per heavy atom. The molecule has 0 heterocycles. The number of nitrogens with two attached hydrogens (primary N) is 1. The van der Waals surface area contributed by atoms with Crippen molar-refractivity contribution in [2.45, 2.75) is 13.0 Å². The molecule has 0 rings (SSSR count). The molecule has 0 fully saturated rings. The summed E-state index contributed by atoms with van der Waals surface area (Å²) in [4.78, 5) is 20.8. The number of rotatable bonds is 2. The van der Waals surface area contributed by atoms with Crippen molar-refractivity contribution in [2.24, 2.45) is 5.73 Å². The van der Waals surface area contributed by atoms with Gasteiger partial charge in [0.25, 0.3) is 0 Å². The van der Waals surface area contributed by atoms with Crippen LogP contribution in [0.1, 0.15) is 6.92 Å². The van der Waals surface area contributed by atoms with Crippen LogP contribution in [-0.4, -0.2) is 25.0 Å². The van der Waals surface area contributed by atoms with E-state index in [0.29, 0.717) is 0 Å². The van der Waals surface area contributed by atoms with Gasteiger partial charge in [0.05, 0.1) is 6.04 Å². The minimum absolute atomic E-state index is 0.396. The summed E-state index contributed by atoms with van der Waals surface area (Å²) in [6.07, 6.45) is 0. The Balaban J connectivity index is 3.73. The molecule has 5 heteroatoms. The monoisotopic (exact) mass is 145 g/mol. The van der Waals surface area contributed by atoms with Crippen LogP contribution in [0.5, 0.6) is 0 Å². The molecule has 1 atom stereocenters. The van der Waals surface area contributed by atoms with Crippen LogP contribution in [-0.2, 0) is 4.79 Å². The molecule has 0 radical (unpaired) electrons. The quantitative estimate of drug-likeness (QED) is 0.455. The predicted molar refractivity (Wildman–Crippen MR) is 36.2 cm³/mol. The van der Waals surface area contributed by atoms with Crippen LogP contribution >= 0.6 is 0 Å². The number of primary amides is 1. The van der Waals surface area contributed by atoms with Crippen LogP contribution in [0.3, 0.4) is 0 Å². The first-order valence-corrected chi connectivity index (χ1v) is 2.85. The highest BCUT2D eigenvalue weighted by Crippen LogP contribution is 1.77. The van der Waals surface area contributed by atoms with Crippen molar-refractivity contribution < 1.29 is 9.59 Å². The molecule has 0 unspecified atom stereocenters. The summed E-state index contributed by atoms with van der Waals surface area (Å²) in [6, 6.07) is -1.22. The van der Waals surface area contributed by atoms with E-state index in [1.54, 1.807) is 14.0 Å². The Morgan fingerprint density at radius 3 is 2.30 bits per heavy atom. The lowest BCUT2D eigenvalue weighted by Crippen LogP contribution is -2.45. The topological polar surface area (TPSA) is 84.2 Å². The number of carbonyl (C=O) groups excluding carboxylic acids is 2. The smallest absolute Gasteiger partial charge is 0.318 e. The van der Waals surface area contributed by atoms with Crippen molar-refractivity contribution in [1.29, 1.82) is 0 Å². The van der Waals surface area contributed by atoms with Crippen LogP contribution in [0.15, 0.2) is 0 Å². The van der Waals surface area contributed by atoms with E-state index in [4.69, 9.17) is 0 Å². The third-order valence-electron chi connectivity index (χ3n) is 1.07. The highest BCUT2D eigenvalue weighted by atomic mass is 16.2. The average molecular weight is 145 g/mol. The Morgan fingerprint density at radius 2 is 2.00 bits per heavy atom. The molecule has 58 valence electrons. The van der Waals surface area contributed by atoms with Gasteiger partial charge in [-0.3, -0.25) is 10.1 Å². The van der Waals surface area contributed by atoms with Crippen molar-refractivity contribution in [2.75, 3.05) is 7.05 Å². The van der Waals surface area contributed by atoms with E-state index >= 15 is 0 Å². The summed E-state index contributed by atoms with van der Waals surface area (Å²) in [5, 5.41) is 4.58. The van der Waals surface area contributed by atoms with Crippen LogP contribution in [0.25, 0.3) is 0 Å². The Labute approximate surface area is 59.0 Å². The lowest BCUT2D eigenvalue weighted by molar-refractivity contribution is -0.121. The molecule has 0 saturated heterocycles. The van der Waals surface area contributed by atoms with Gasteiger partial charge in [0.2, 0.25) is 5.91 Å². The molecule has 10 heavy (non-hydrogen) atoms. The van der Waals surface area contributed by atoms with E-state index in [0.717, 1.165) is 0 Å². The molecule has 0 aromatic rings. The van der Waals surface area contributed by atoms with E-state index in [1.807, 2.05) is 5.32 Å². The zero-order chi connectivity index (χ0) is 8.15. The lowest BCUT2D eigenvalue weighted by atomic mass is 10.3. The maximum Gasteiger partial charge on any atom is 0.318 e. The molecule has 0 spiro atoms. The standard InChI is InChI=1S/C5H11N3O2/c1-3(7-2)4(9)8-5(6)10/h3,7H,1-2H3,(H3,6,8,9,10)/t3-/m0/s1. The van der Waals surface area contributed by atoms with Crippen molar-refractivity contribution in [1.82, 2.24) is 10.6 Å². The minimum atomic E-state index is -0.827. The number of imide groups is 1. The minimum Gasteiger partial charge on any atom is -0.351 e. The van der Waals surface area contributed by atoms with E-state index in [-0.39, 0.29) is 0 Å². The van der Waals surface area contributed by atoms with Gasteiger partial charge in [-0.15, -0.1) is 0 Å². The molecular formula is C5H11N3O2. The third kappa shape index (κ3) is 3.03. The summed E-state index contributed by atoms with van der Waals surface area (Å²) in [7, 11) is 1.62. The predicted octanol–water partition coefficient (Wildman–Crippen LogP) is -1.21. The molecule has 0 aliphatic carbocycles. The van der Waals surface area contributed by atoms with Crippen molar-refractivity contribution >= 4 is 11.9 Å². The first kappa shape index (κ1) is 8.90. The van der Waals surface area contributed by atoms with Gasteiger partial charge >= 0.3 is 6.03 Å². The molecule has 0 aromatic carbocycles. The fourth-order valence-corrected chi connectivity index (χ4v) is 0.361. The number of hydrogen-bond donors (Lipinski definition) is 3. The van der Waals surface area contributed by atoms with Crippen LogP contribution in [0.4, 0.5) is 4.79 Å². The lowest BCUT2D eigenvalue weighted by Gasteiger charge is -2.07. The van der Waals surface area contributed by atoms with Crippen LogP contribution in [0.2, 0.25) is 0 Å². The maximum atomic E-state index is 10.7. The summed E-state index contributed by atoms with van der Waals surface area (Å²) in [5.41, 5.74) is 4.69. The third-order valence-corrected chi connectivity index (χ3v) is 1.07. The molecule has 3 amide bonds. The van der Waals surface area contributed by atoms with E-state index in [9.17, 15) is 9.59 Å². The summed E-state index contributed by atoms with van der Waals surface area (Å²) in [6.45, 7) is 1.62. The van der Waals surface area contributed by atoms with Gasteiger partial charge < -0.3 is 11.1 Å². The van der Waals surface area contributed by atoms with Crippen molar-refractivity contribution in [3.8, 4) is 0 Å². The molecule has 0 aliphatic rings. The van der Waals surface area contributed by atoms with Gasteiger partial charge in [-0.2, -0.15) is 0 Å². The summed E-state index contributed by atoms with van der Waals surface area (Å²) in [5.74, 6) is -0.421. The maximum absolute atomic E-state index is 10.7. The number of likely N-dealkylation sites (N-methyl/N-ethyl adjacent to an activating group) is 1. The van der Waals surface area contributed by atoms with Gasteiger partial charge in [-0.1, -0.05) is 0 Å². The molecule has 0 aromatic heterocycles. The number of nitrogens with one attached hydrogen (secondary N) is 2. The Hall–Kier alpha value is -1.10. The van der Waals surface area contributed by atoms with E-state index in [2.05, 4.69) is 11.1 Å². The summed E-state index contributed by atoms with van der Waals surface area (Å²) < 4.78 is 0. The summed E-state index contributed by atoms with van der Waals surface area (Å²) >= 11 is 0. The molecule has 0 bridgehead atoms. The second kappa shape index (κ2) is 3.84. The van der Waals surface area contributed by atoms with Gasteiger partial charge in [0, 0.05) is 0 Å². The highest BCUT2D eigenvalue weighted by Gasteiger charge is 2.10. The van der Waals surface area contributed by atoms with Crippen molar-refractivity contribution in [3.63, 3.8) is 0 Å². The molecule has 0 aliphatic heterocycles. The molecule has 5 nitrogen and oxygen atoms in total. The van der Waals surface area contributed by atoms with E-state index < -0.39 is 18.0 Å². The van der Waals surface area contributed by atoms with Crippen LogP contribution in [0, 0.1) is 0 Å². The zero-order valence-electron chi connectivity index (χ0n) is 5.97. The second-order valence-electron chi connectivity index (χ2n) is 1.86. The average Bonchev–Trinajstić information content (AvgIpc) is 1.85. The van der Waals surface area contributed by atoms with Gasteiger partial charge in [-0.05, 0) is 14.0 Å². The first-order chi connectivity index (χ1) is 4.57.